The Morgan fingerprint density at radius 1 is 1.50 bits per heavy atom. The number of nitrogens with one attached hydrogen (secondary N) is 1. The molecular formula is C11H11N3OS. The molecule has 0 saturated carbocycles. The maximum Gasteiger partial charge on any atom is 0.206 e. The van der Waals surface area contributed by atoms with E-state index in [0.717, 1.165) is 10.8 Å². The van der Waals surface area contributed by atoms with Crippen LogP contribution in [0.4, 0.5) is 5.13 Å². The van der Waals surface area contributed by atoms with Gasteiger partial charge in [0, 0.05) is 25.0 Å². The van der Waals surface area contributed by atoms with Crippen LogP contribution >= 0.6 is 11.3 Å². The Morgan fingerprint density at radius 3 is 2.88 bits per heavy atom. The summed E-state index contributed by atoms with van der Waals surface area (Å²) in [5.41, 5.74) is 1.35. The third-order valence-corrected chi connectivity index (χ3v) is 3.31. The summed E-state index contributed by atoms with van der Waals surface area (Å²) in [4.78, 5) is 20.9. The SMILES string of the molecule is CNc1nc(C)c(C(=O)c2cccnc2)s1. The van der Waals surface area contributed by atoms with E-state index in [0.29, 0.717) is 10.4 Å². The smallest absolute Gasteiger partial charge is 0.206 e. The van der Waals surface area contributed by atoms with Crippen molar-refractivity contribution in [3.8, 4) is 0 Å². The van der Waals surface area contributed by atoms with Gasteiger partial charge >= 0.3 is 0 Å². The van der Waals surface area contributed by atoms with E-state index in [4.69, 9.17) is 0 Å². The van der Waals surface area contributed by atoms with E-state index in [9.17, 15) is 4.79 Å². The fourth-order valence-corrected chi connectivity index (χ4v) is 2.22. The molecule has 0 amide bonds. The van der Waals surface area contributed by atoms with Crippen molar-refractivity contribution < 1.29 is 4.79 Å². The van der Waals surface area contributed by atoms with E-state index in [1.807, 2.05) is 6.92 Å². The molecule has 2 heterocycles. The Hall–Kier alpha value is -1.75. The van der Waals surface area contributed by atoms with Gasteiger partial charge in [0.2, 0.25) is 5.78 Å². The summed E-state index contributed by atoms with van der Waals surface area (Å²) in [6, 6.07) is 3.51. The average Bonchev–Trinajstić information content (AvgIpc) is 2.71. The van der Waals surface area contributed by atoms with Gasteiger partial charge in [0.15, 0.2) is 5.13 Å². The second-order valence-corrected chi connectivity index (χ2v) is 4.25. The Bertz CT molecular complexity index is 507. The van der Waals surface area contributed by atoms with Crippen LogP contribution in [-0.2, 0) is 0 Å². The van der Waals surface area contributed by atoms with Crippen LogP contribution in [0.2, 0.25) is 0 Å². The zero-order chi connectivity index (χ0) is 11.5. The number of rotatable bonds is 3. The van der Waals surface area contributed by atoms with E-state index >= 15 is 0 Å². The highest BCUT2D eigenvalue weighted by molar-refractivity contribution is 7.17. The number of carbonyl (C=O) groups excluding carboxylic acids is 1. The number of hydrogen-bond acceptors (Lipinski definition) is 5. The lowest BCUT2D eigenvalue weighted by atomic mass is 10.1. The molecule has 0 aliphatic rings. The standard InChI is InChI=1S/C11H11N3OS/c1-7-10(16-11(12-2)14-7)9(15)8-4-3-5-13-6-8/h3-6H,1-2H3,(H,12,14). The molecule has 2 aromatic rings. The summed E-state index contributed by atoms with van der Waals surface area (Å²) in [5.74, 6) is -0.0235. The number of nitrogens with zero attached hydrogens (tertiary/aromatic N) is 2. The first kappa shape index (κ1) is 10.8. The van der Waals surface area contributed by atoms with Gasteiger partial charge in [-0.05, 0) is 19.1 Å². The normalized spacial score (nSPS) is 10.1. The van der Waals surface area contributed by atoms with Gasteiger partial charge in [-0.15, -0.1) is 0 Å². The number of carbonyl (C=O) groups is 1. The van der Waals surface area contributed by atoms with Crippen LogP contribution in [0, 0.1) is 6.92 Å². The summed E-state index contributed by atoms with van der Waals surface area (Å²) in [7, 11) is 1.79. The minimum Gasteiger partial charge on any atom is -0.365 e. The molecule has 0 bridgehead atoms. The molecule has 2 rings (SSSR count). The quantitative estimate of drug-likeness (QED) is 0.825. The van der Waals surface area contributed by atoms with E-state index in [2.05, 4.69) is 15.3 Å². The minimum absolute atomic E-state index is 0.0235. The number of ketones is 1. The van der Waals surface area contributed by atoms with Gasteiger partial charge < -0.3 is 5.32 Å². The number of hydrogen-bond donors (Lipinski definition) is 1. The first-order chi connectivity index (χ1) is 7.72. The lowest BCUT2D eigenvalue weighted by molar-refractivity contribution is 0.104. The van der Waals surface area contributed by atoms with E-state index in [1.165, 1.54) is 11.3 Å². The Balaban J connectivity index is 2.38. The van der Waals surface area contributed by atoms with Crippen molar-refractivity contribution in [3.63, 3.8) is 0 Å². The van der Waals surface area contributed by atoms with Crippen molar-refractivity contribution in [1.82, 2.24) is 9.97 Å². The first-order valence-electron chi connectivity index (χ1n) is 4.82. The van der Waals surface area contributed by atoms with Crippen LogP contribution in [0.5, 0.6) is 0 Å². The van der Waals surface area contributed by atoms with Crippen molar-refractivity contribution in [2.45, 2.75) is 6.92 Å². The molecule has 2 aromatic heterocycles. The Kier molecular flexibility index (Phi) is 2.96. The van der Waals surface area contributed by atoms with Gasteiger partial charge in [-0.3, -0.25) is 9.78 Å². The lowest BCUT2D eigenvalue weighted by Crippen LogP contribution is -2.00. The first-order valence-corrected chi connectivity index (χ1v) is 5.64. The molecule has 0 saturated heterocycles. The summed E-state index contributed by atoms with van der Waals surface area (Å²) in [5, 5.41) is 3.69. The van der Waals surface area contributed by atoms with Crippen LogP contribution in [0.15, 0.2) is 24.5 Å². The van der Waals surface area contributed by atoms with Crippen molar-refractivity contribution in [2.75, 3.05) is 12.4 Å². The highest BCUT2D eigenvalue weighted by atomic mass is 32.1. The fourth-order valence-electron chi connectivity index (χ4n) is 1.34. The number of thiazole rings is 1. The second-order valence-electron chi connectivity index (χ2n) is 3.25. The molecule has 82 valence electrons. The molecule has 0 atom stereocenters. The van der Waals surface area contributed by atoms with E-state index in [-0.39, 0.29) is 5.78 Å². The molecule has 0 spiro atoms. The third-order valence-electron chi connectivity index (χ3n) is 2.14. The molecule has 1 N–H and O–H groups in total. The predicted octanol–water partition coefficient (Wildman–Crippen LogP) is 2.12. The molecule has 0 aliphatic carbocycles. The lowest BCUT2D eigenvalue weighted by Gasteiger charge is -1.96. The average molecular weight is 233 g/mol. The molecule has 0 fully saturated rings. The van der Waals surface area contributed by atoms with Crippen LogP contribution < -0.4 is 5.32 Å². The van der Waals surface area contributed by atoms with Gasteiger partial charge in [-0.1, -0.05) is 11.3 Å². The minimum atomic E-state index is -0.0235. The predicted molar refractivity (Wildman–Crippen MR) is 64.1 cm³/mol. The zero-order valence-corrected chi connectivity index (χ0v) is 9.84. The van der Waals surface area contributed by atoms with Crippen molar-refractivity contribution in [1.29, 1.82) is 0 Å². The molecule has 0 aliphatic heterocycles. The highest BCUT2D eigenvalue weighted by Gasteiger charge is 2.16. The molecule has 0 aromatic carbocycles. The molecular weight excluding hydrogens is 222 g/mol. The van der Waals surface area contributed by atoms with Crippen LogP contribution in [0.25, 0.3) is 0 Å². The largest absolute Gasteiger partial charge is 0.365 e. The number of pyridine rings is 1. The number of aryl methyl sites for hydroxylation is 1. The van der Waals surface area contributed by atoms with Crippen molar-refractivity contribution >= 4 is 22.3 Å². The second kappa shape index (κ2) is 4.40. The van der Waals surface area contributed by atoms with Gasteiger partial charge in [0.1, 0.15) is 0 Å². The van der Waals surface area contributed by atoms with Crippen molar-refractivity contribution in [3.05, 3.63) is 40.7 Å². The molecule has 0 unspecified atom stereocenters. The third kappa shape index (κ3) is 1.94. The molecule has 4 nitrogen and oxygen atoms in total. The Morgan fingerprint density at radius 2 is 2.31 bits per heavy atom. The van der Waals surface area contributed by atoms with Crippen molar-refractivity contribution in [2.24, 2.45) is 0 Å². The van der Waals surface area contributed by atoms with Crippen LogP contribution in [0.3, 0.4) is 0 Å². The zero-order valence-electron chi connectivity index (χ0n) is 9.02. The molecule has 16 heavy (non-hydrogen) atoms. The summed E-state index contributed by atoms with van der Waals surface area (Å²) < 4.78 is 0. The maximum absolute atomic E-state index is 12.1. The fraction of sp³-hybridized carbons (Fsp3) is 0.182. The van der Waals surface area contributed by atoms with E-state index < -0.39 is 0 Å². The Labute approximate surface area is 97.4 Å². The number of anilines is 1. The molecule has 0 radical (unpaired) electrons. The summed E-state index contributed by atoms with van der Waals surface area (Å²) >= 11 is 1.36. The van der Waals surface area contributed by atoms with Crippen LogP contribution in [-0.4, -0.2) is 22.8 Å². The topological polar surface area (TPSA) is 54.9 Å². The van der Waals surface area contributed by atoms with Gasteiger partial charge in [0.25, 0.3) is 0 Å². The maximum atomic E-state index is 12.1. The van der Waals surface area contributed by atoms with Gasteiger partial charge in [-0.2, -0.15) is 0 Å². The van der Waals surface area contributed by atoms with Gasteiger partial charge in [-0.25, -0.2) is 4.98 Å². The van der Waals surface area contributed by atoms with E-state index in [1.54, 1.807) is 31.6 Å². The summed E-state index contributed by atoms with van der Waals surface area (Å²) in [6.45, 7) is 1.83. The monoisotopic (exact) mass is 233 g/mol. The van der Waals surface area contributed by atoms with Crippen LogP contribution in [0.1, 0.15) is 20.9 Å². The number of aromatic nitrogens is 2. The summed E-state index contributed by atoms with van der Waals surface area (Å²) in [6.07, 6.45) is 3.22. The van der Waals surface area contributed by atoms with Gasteiger partial charge in [0.05, 0.1) is 10.6 Å². The highest BCUT2D eigenvalue weighted by Crippen LogP contribution is 2.24. The molecule has 5 heteroatoms.